The topological polar surface area (TPSA) is 88.5 Å². The summed E-state index contributed by atoms with van der Waals surface area (Å²) < 4.78 is 20.3. The molecule has 0 unspecified atom stereocenters. The third kappa shape index (κ3) is 3.08. The van der Waals surface area contributed by atoms with Crippen LogP contribution in [0.25, 0.3) is 0 Å². The fraction of sp³-hybridized carbons (Fsp3) is 0.111. The number of aromatic carboxylic acids is 1. The zero-order valence-corrected chi connectivity index (χ0v) is 9.63. The summed E-state index contributed by atoms with van der Waals surface area (Å²) in [5, 5.41) is 8.75. The molecule has 0 saturated carbocycles. The molecule has 0 saturated heterocycles. The number of carboxylic acid groups (broad SMARTS) is 1. The standard InChI is InChI=1S/C9H7IO5/c11-8(5-10(14)15)6-3-1-2-4-7(6)9(12)13/h1-4H,5H2,(H,12,13). The van der Waals surface area contributed by atoms with Crippen LogP contribution in [0, 0.1) is 0 Å². The Bertz CT molecular complexity index is 467. The zero-order valence-electron chi connectivity index (χ0n) is 7.47. The molecule has 0 bridgehead atoms. The van der Waals surface area contributed by atoms with E-state index in [-0.39, 0.29) is 11.1 Å². The lowest BCUT2D eigenvalue weighted by Crippen LogP contribution is -2.09. The van der Waals surface area contributed by atoms with Crippen LogP contribution >= 0.6 is 19.8 Å². The van der Waals surface area contributed by atoms with Gasteiger partial charge in [0.1, 0.15) is 4.43 Å². The number of hydrogen-bond acceptors (Lipinski definition) is 4. The Morgan fingerprint density at radius 1 is 1.13 bits per heavy atom. The van der Waals surface area contributed by atoms with Gasteiger partial charge < -0.3 is 5.11 Å². The highest BCUT2D eigenvalue weighted by atomic mass is 127. The molecule has 0 radical (unpaired) electrons. The number of rotatable bonds is 4. The number of carboxylic acids is 1. The van der Waals surface area contributed by atoms with Gasteiger partial charge >= 0.3 is 25.8 Å². The van der Waals surface area contributed by atoms with Crippen molar-refractivity contribution in [2.75, 3.05) is 4.43 Å². The number of ketones is 1. The van der Waals surface area contributed by atoms with Crippen LogP contribution in [0.3, 0.4) is 0 Å². The molecule has 0 aliphatic heterocycles. The lowest BCUT2D eigenvalue weighted by atomic mass is 10.1. The molecule has 1 rings (SSSR count). The van der Waals surface area contributed by atoms with Gasteiger partial charge in [-0.25, -0.2) is 10.9 Å². The molecule has 0 amide bonds. The Kier molecular flexibility index (Phi) is 3.89. The summed E-state index contributed by atoms with van der Waals surface area (Å²) >= 11 is -3.65. The third-order valence-corrected chi connectivity index (χ3v) is 3.00. The van der Waals surface area contributed by atoms with Crippen LogP contribution in [0.15, 0.2) is 24.3 Å². The van der Waals surface area contributed by atoms with Gasteiger partial charge in [-0.15, -0.1) is 0 Å². The minimum absolute atomic E-state index is 0.0565. The van der Waals surface area contributed by atoms with Gasteiger partial charge in [0, 0.05) is 5.56 Å². The van der Waals surface area contributed by atoms with E-state index in [4.69, 9.17) is 5.11 Å². The van der Waals surface area contributed by atoms with Crippen molar-refractivity contribution in [1.82, 2.24) is 0 Å². The number of carbonyl (C=O) groups is 2. The predicted molar refractivity (Wildman–Crippen MR) is 58.0 cm³/mol. The van der Waals surface area contributed by atoms with E-state index in [0.717, 1.165) is 0 Å². The maximum absolute atomic E-state index is 11.4. The van der Waals surface area contributed by atoms with Gasteiger partial charge in [-0.1, -0.05) is 18.2 Å². The first-order valence-electron chi connectivity index (χ1n) is 3.89. The van der Waals surface area contributed by atoms with Crippen molar-refractivity contribution in [2.45, 2.75) is 0 Å². The molecule has 5 nitrogen and oxygen atoms in total. The van der Waals surface area contributed by atoms with E-state index in [1.165, 1.54) is 24.3 Å². The molecule has 1 N–H and O–H groups in total. The van der Waals surface area contributed by atoms with Crippen molar-refractivity contribution < 1.29 is 20.8 Å². The van der Waals surface area contributed by atoms with Crippen LogP contribution < -0.4 is 0 Å². The van der Waals surface area contributed by atoms with E-state index < -0.39 is 36.0 Å². The second kappa shape index (κ2) is 4.96. The second-order valence-electron chi connectivity index (χ2n) is 2.69. The minimum Gasteiger partial charge on any atom is -0.478 e. The van der Waals surface area contributed by atoms with E-state index in [1.54, 1.807) is 0 Å². The molecular formula is C9H7IO5. The SMILES string of the molecule is O=C(O)c1ccccc1C(=O)CI(=O)=O. The first-order chi connectivity index (χ1) is 7.02. The highest BCUT2D eigenvalue weighted by Crippen LogP contribution is 2.14. The Labute approximate surface area is 92.3 Å². The van der Waals surface area contributed by atoms with E-state index in [9.17, 15) is 15.7 Å². The molecule has 0 atom stereocenters. The summed E-state index contributed by atoms with van der Waals surface area (Å²) in [5.41, 5.74) is -0.223. The summed E-state index contributed by atoms with van der Waals surface area (Å²) in [7, 11) is 0. The summed E-state index contributed by atoms with van der Waals surface area (Å²) in [5.74, 6) is -1.90. The molecule has 0 aromatic heterocycles. The largest absolute Gasteiger partial charge is 0.478 e. The van der Waals surface area contributed by atoms with Crippen molar-refractivity contribution >= 4 is 31.5 Å². The van der Waals surface area contributed by atoms with Gasteiger partial charge in [0.2, 0.25) is 0 Å². The van der Waals surface area contributed by atoms with Crippen LogP contribution in [0.1, 0.15) is 20.7 Å². The third-order valence-electron chi connectivity index (χ3n) is 1.69. The van der Waals surface area contributed by atoms with Crippen molar-refractivity contribution in [3.05, 3.63) is 35.4 Å². The molecule has 0 aliphatic rings. The Balaban J connectivity index is 3.13. The number of benzene rings is 1. The minimum atomic E-state index is -3.65. The normalized spacial score (nSPS) is 10.2. The number of halogens is 1. The first-order valence-corrected chi connectivity index (χ1v) is 7.18. The Morgan fingerprint density at radius 2 is 1.67 bits per heavy atom. The fourth-order valence-corrected chi connectivity index (χ4v) is 2.06. The molecule has 0 heterocycles. The molecule has 0 spiro atoms. The molecule has 15 heavy (non-hydrogen) atoms. The van der Waals surface area contributed by atoms with E-state index >= 15 is 0 Å². The number of carbonyl (C=O) groups excluding carboxylic acids is 1. The average Bonchev–Trinajstić information content (AvgIpc) is 2.16. The van der Waals surface area contributed by atoms with Crippen molar-refractivity contribution in [3.63, 3.8) is 0 Å². The maximum Gasteiger partial charge on any atom is 0.336 e. The summed E-state index contributed by atoms with van der Waals surface area (Å²) in [6, 6.07) is 5.55. The highest BCUT2D eigenvalue weighted by Gasteiger charge is 2.16. The van der Waals surface area contributed by atoms with Crippen LogP contribution in [0.4, 0.5) is 0 Å². The lowest BCUT2D eigenvalue weighted by Gasteiger charge is -2.01. The molecule has 6 heteroatoms. The zero-order chi connectivity index (χ0) is 11.4. The van der Waals surface area contributed by atoms with Gasteiger partial charge in [0.25, 0.3) is 0 Å². The van der Waals surface area contributed by atoms with Gasteiger partial charge in [-0.05, 0) is 6.07 Å². The van der Waals surface area contributed by atoms with Crippen molar-refractivity contribution in [3.8, 4) is 0 Å². The van der Waals surface area contributed by atoms with Gasteiger partial charge in [0.15, 0.2) is 5.78 Å². The monoisotopic (exact) mass is 322 g/mol. The smallest absolute Gasteiger partial charge is 0.336 e. The first kappa shape index (κ1) is 11.8. The molecule has 0 fully saturated rings. The fourth-order valence-electron chi connectivity index (χ4n) is 1.08. The Morgan fingerprint density at radius 3 is 2.13 bits per heavy atom. The highest BCUT2D eigenvalue weighted by molar-refractivity contribution is 14.2. The number of alkyl halides is 1. The quantitative estimate of drug-likeness (QED) is 0.518. The van der Waals surface area contributed by atoms with Crippen LogP contribution in [-0.2, 0) is 6.14 Å². The van der Waals surface area contributed by atoms with Crippen molar-refractivity contribution in [2.24, 2.45) is 0 Å². The number of Topliss-reactive ketones (excluding diaryl/α,β-unsaturated/α-hetero) is 1. The van der Waals surface area contributed by atoms with Gasteiger partial charge in [0.05, 0.1) is 5.56 Å². The summed E-state index contributed by atoms with van der Waals surface area (Å²) in [4.78, 5) is 22.1. The van der Waals surface area contributed by atoms with Crippen LogP contribution in [-0.4, -0.2) is 21.3 Å². The number of hydrogen-bond donors (Lipinski definition) is 1. The predicted octanol–water partition coefficient (Wildman–Crippen LogP) is 1.76. The lowest BCUT2D eigenvalue weighted by molar-refractivity contribution is 0.0692. The van der Waals surface area contributed by atoms with Gasteiger partial charge in [-0.3, -0.25) is 4.79 Å². The summed E-state index contributed by atoms with van der Waals surface area (Å²) in [6.07, 6.45) is 0. The van der Waals surface area contributed by atoms with Gasteiger partial charge in [-0.2, -0.15) is 0 Å². The maximum atomic E-state index is 11.4. The average molecular weight is 322 g/mol. The Hall–Kier alpha value is -1.31. The van der Waals surface area contributed by atoms with E-state index in [0.29, 0.717) is 0 Å². The van der Waals surface area contributed by atoms with Crippen LogP contribution in [0.2, 0.25) is 0 Å². The molecule has 1 aromatic carbocycles. The second-order valence-corrected chi connectivity index (χ2v) is 5.06. The van der Waals surface area contributed by atoms with Crippen LogP contribution in [0.5, 0.6) is 0 Å². The van der Waals surface area contributed by atoms with E-state index in [2.05, 4.69) is 0 Å². The molecule has 80 valence electrons. The molecular weight excluding hydrogens is 315 g/mol. The summed E-state index contributed by atoms with van der Waals surface area (Å²) in [6.45, 7) is 0. The van der Waals surface area contributed by atoms with E-state index in [1.807, 2.05) is 0 Å². The van der Waals surface area contributed by atoms with Crippen molar-refractivity contribution in [1.29, 1.82) is 0 Å². The molecule has 1 aromatic rings. The molecule has 0 aliphatic carbocycles.